The summed E-state index contributed by atoms with van der Waals surface area (Å²) in [7, 11) is 0. The Labute approximate surface area is 131 Å². The van der Waals surface area contributed by atoms with Gasteiger partial charge in [0.15, 0.2) is 11.7 Å². The van der Waals surface area contributed by atoms with Crippen LogP contribution in [-0.4, -0.2) is 24.1 Å². The molecule has 0 unspecified atom stereocenters. The van der Waals surface area contributed by atoms with E-state index < -0.39 is 0 Å². The Bertz CT molecular complexity index is 556. The maximum Gasteiger partial charge on any atom is 0.171 e. The summed E-state index contributed by atoms with van der Waals surface area (Å²) in [6, 6.07) is 3.43. The van der Waals surface area contributed by atoms with Crippen LogP contribution in [0.1, 0.15) is 31.2 Å². The molecule has 0 atom stereocenters. The van der Waals surface area contributed by atoms with Crippen molar-refractivity contribution in [2.75, 3.05) is 18.0 Å². The fourth-order valence-corrected chi connectivity index (χ4v) is 3.07. The van der Waals surface area contributed by atoms with Crippen molar-refractivity contribution in [3.05, 3.63) is 28.0 Å². The van der Waals surface area contributed by atoms with Gasteiger partial charge >= 0.3 is 0 Å². The zero-order valence-electron chi connectivity index (χ0n) is 11.7. The van der Waals surface area contributed by atoms with Crippen LogP contribution in [0.15, 0.2) is 21.8 Å². The van der Waals surface area contributed by atoms with Crippen molar-refractivity contribution >= 4 is 27.5 Å². The molecule has 0 bridgehead atoms. The quantitative estimate of drug-likeness (QED) is 0.356. The molecule has 3 N–H and O–H groups in total. The number of halogens is 2. The number of anilines is 1. The van der Waals surface area contributed by atoms with Gasteiger partial charge in [-0.1, -0.05) is 5.16 Å². The van der Waals surface area contributed by atoms with Crippen molar-refractivity contribution in [3.8, 4) is 0 Å². The minimum Gasteiger partial charge on any atom is -0.409 e. The average Bonchev–Trinajstić information content (AvgIpc) is 3.36. The molecular weight excluding hydrogens is 337 g/mol. The Morgan fingerprint density at radius 3 is 2.33 bits per heavy atom. The Balaban J connectivity index is 1.89. The fraction of sp³-hybridized carbons (Fsp3) is 0.533. The molecule has 2 aliphatic carbocycles. The van der Waals surface area contributed by atoms with Crippen LogP contribution in [0.25, 0.3) is 0 Å². The van der Waals surface area contributed by atoms with Crippen LogP contribution in [-0.2, 0) is 0 Å². The lowest BCUT2D eigenvalue weighted by atomic mass is 10.1. The topological polar surface area (TPSA) is 61.9 Å². The third-order valence-corrected chi connectivity index (χ3v) is 4.91. The van der Waals surface area contributed by atoms with Crippen LogP contribution < -0.4 is 10.6 Å². The molecule has 0 heterocycles. The molecule has 1 aromatic carbocycles. The molecule has 2 fully saturated rings. The van der Waals surface area contributed by atoms with Crippen LogP contribution in [0.2, 0.25) is 0 Å². The second kappa shape index (κ2) is 5.83. The summed E-state index contributed by atoms with van der Waals surface area (Å²) in [5.74, 6) is 0.972. The number of nitrogens with two attached hydrogens (primary N) is 1. The first-order valence-corrected chi connectivity index (χ1v) is 8.10. The highest BCUT2D eigenvalue weighted by atomic mass is 79.9. The first kappa shape index (κ1) is 14.6. The third-order valence-electron chi connectivity index (χ3n) is 4.14. The first-order chi connectivity index (χ1) is 10.1. The molecule has 0 amide bonds. The maximum absolute atomic E-state index is 14.7. The van der Waals surface area contributed by atoms with Crippen LogP contribution in [0, 0.1) is 17.7 Å². The second-order valence-corrected chi connectivity index (χ2v) is 6.83. The Morgan fingerprint density at radius 1 is 1.29 bits per heavy atom. The number of benzene rings is 1. The minimum absolute atomic E-state index is 0.0942. The SMILES string of the molecule is N/C(=N/O)c1ccc(N(CC2CC2)CC2CC2)c(F)c1Br. The van der Waals surface area contributed by atoms with Crippen LogP contribution in [0.4, 0.5) is 10.1 Å². The number of hydrogen-bond acceptors (Lipinski definition) is 3. The Morgan fingerprint density at radius 2 is 1.86 bits per heavy atom. The van der Waals surface area contributed by atoms with Crippen molar-refractivity contribution < 1.29 is 9.60 Å². The molecule has 1 aromatic rings. The molecule has 114 valence electrons. The summed E-state index contributed by atoms with van der Waals surface area (Å²) in [4.78, 5) is 2.16. The summed E-state index contributed by atoms with van der Waals surface area (Å²) in [6.07, 6.45) is 4.97. The van der Waals surface area contributed by atoms with E-state index in [1.165, 1.54) is 25.7 Å². The molecule has 2 saturated carbocycles. The molecule has 0 radical (unpaired) electrons. The number of hydrogen-bond donors (Lipinski definition) is 2. The van der Waals surface area contributed by atoms with Crippen molar-refractivity contribution in [1.82, 2.24) is 0 Å². The summed E-state index contributed by atoms with van der Waals surface area (Å²) < 4.78 is 14.9. The molecule has 0 saturated heterocycles. The van der Waals surface area contributed by atoms with Crippen LogP contribution >= 0.6 is 15.9 Å². The molecule has 0 aromatic heterocycles. The van der Waals surface area contributed by atoms with E-state index >= 15 is 0 Å². The predicted molar refractivity (Wildman–Crippen MR) is 84.3 cm³/mol. The molecule has 21 heavy (non-hydrogen) atoms. The summed E-state index contributed by atoms with van der Waals surface area (Å²) in [5.41, 5.74) is 6.54. The molecular formula is C15H19BrFN3O. The van der Waals surface area contributed by atoms with Gasteiger partial charge in [0.2, 0.25) is 0 Å². The van der Waals surface area contributed by atoms with E-state index in [2.05, 4.69) is 26.0 Å². The van der Waals surface area contributed by atoms with Gasteiger partial charge in [0.25, 0.3) is 0 Å². The van der Waals surface area contributed by atoms with E-state index in [1.54, 1.807) is 12.1 Å². The molecule has 2 aliphatic rings. The van der Waals surface area contributed by atoms with E-state index in [9.17, 15) is 4.39 Å². The van der Waals surface area contributed by atoms with Gasteiger partial charge in [-0.15, -0.1) is 0 Å². The van der Waals surface area contributed by atoms with Crippen LogP contribution in [0.5, 0.6) is 0 Å². The van der Waals surface area contributed by atoms with Gasteiger partial charge in [0.1, 0.15) is 0 Å². The zero-order chi connectivity index (χ0) is 15.0. The summed E-state index contributed by atoms with van der Waals surface area (Å²) in [5, 5.41) is 11.7. The lowest BCUT2D eigenvalue weighted by molar-refractivity contribution is 0.318. The molecule has 0 spiro atoms. The molecule has 0 aliphatic heterocycles. The number of nitrogens with zero attached hydrogens (tertiary/aromatic N) is 2. The maximum atomic E-state index is 14.7. The largest absolute Gasteiger partial charge is 0.409 e. The normalized spacial score (nSPS) is 18.9. The van der Waals surface area contributed by atoms with Crippen LogP contribution in [0.3, 0.4) is 0 Å². The van der Waals surface area contributed by atoms with Gasteiger partial charge in [-0.25, -0.2) is 4.39 Å². The lowest BCUT2D eigenvalue weighted by Gasteiger charge is -2.26. The van der Waals surface area contributed by atoms with Crippen molar-refractivity contribution in [2.45, 2.75) is 25.7 Å². The summed E-state index contributed by atoms with van der Waals surface area (Å²) >= 11 is 3.23. The number of oxime groups is 1. The van der Waals surface area contributed by atoms with Crippen molar-refractivity contribution in [3.63, 3.8) is 0 Å². The predicted octanol–water partition coefficient (Wildman–Crippen LogP) is 3.31. The number of amidine groups is 1. The standard InChI is InChI=1S/C15H19BrFN3O/c16-13-11(15(18)19-21)5-6-12(14(13)17)20(7-9-1-2-9)8-10-3-4-10/h5-6,9-10,21H,1-4,7-8H2,(H2,18,19). The van der Waals surface area contributed by atoms with E-state index in [0.717, 1.165) is 13.1 Å². The van der Waals surface area contributed by atoms with Gasteiger partial charge < -0.3 is 15.8 Å². The van der Waals surface area contributed by atoms with Gasteiger partial charge in [-0.05, 0) is 65.6 Å². The highest BCUT2D eigenvalue weighted by Crippen LogP contribution is 2.38. The van der Waals surface area contributed by atoms with Gasteiger partial charge in [-0.2, -0.15) is 0 Å². The van der Waals surface area contributed by atoms with Crippen molar-refractivity contribution in [1.29, 1.82) is 0 Å². The van der Waals surface area contributed by atoms with Gasteiger partial charge in [0, 0.05) is 18.7 Å². The lowest BCUT2D eigenvalue weighted by Crippen LogP contribution is -2.29. The molecule has 3 rings (SSSR count). The zero-order valence-corrected chi connectivity index (χ0v) is 13.3. The van der Waals surface area contributed by atoms with E-state index in [1.807, 2.05) is 0 Å². The Kier molecular flexibility index (Phi) is 4.06. The minimum atomic E-state index is -0.333. The molecule has 4 nitrogen and oxygen atoms in total. The molecule has 6 heteroatoms. The monoisotopic (exact) mass is 355 g/mol. The van der Waals surface area contributed by atoms with E-state index in [0.29, 0.717) is 23.1 Å². The van der Waals surface area contributed by atoms with Crippen molar-refractivity contribution in [2.24, 2.45) is 22.7 Å². The smallest absolute Gasteiger partial charge is 0.171 e. The highest BCUT2D eigenvalue weighted by Gasteiger charge is 2.31. The third kappa shape index (κ3) is 3.31. The highest BCUT2D eigenvalue weighted by molar-refractivity contribution is 9.10. The second-order valence-electron chi connectivity index (χ2n) is 6.04. The number of rotatable bonds is 6. The Hall–Kier alpha value is -1.30. The van der Waals surface area contributed by atoms with Gasteiger partial charge in [-0.3, -0.25) is 0 Å². The van der Waals surface area contributed by atoms with E-state index in [4.69, 9.17) is 10.9 Å². The summed E-state index contributed by atoms with van der Waals surface area (Å²) in [6.45, 7) is 1.84. The first-order valence-electron chi connectivity index (χ1n) is 7.31. The van der Waals surface area contributed by atoms with Gasteiger partial charge in [0.05, 0.1) is 10.2 Å². The van der Waals surface area contributed by atoms with E-state index in [-0.39, 0.29) is 16.1 Å². The average molecular weight is 356 g/mol. The fourth-order valence-electron chi connectivity index (χ4n) is 2.53.